The smallest absolute Gasteiger partial charge is 0.243 e. The maximum absolute atomic E-state index is 12.6. The molecule has 0 aromatic carbocycles. The molecule has 1 aliphatic rings. The molecule has 0 bridgehead atoms. The summed E-state index contributed by atoms with van der Waals surface area (Å²) in [5.41, 5.74) is 1.03. The number of hydrogen-bond donors (Lipinski definition) is 1. The summed E-state index contributed by atoms with van der Waals surface area (Å²) in [7, 11) is 0. The Labute approximate surface area is 117 Å². The average Bonchev–Trinajstić information content (AvgIpc) is 3.11. The molecule has 106 valence electrons. The molecule has 0 saturated carbocycles. The second-order valence-electron chi connectivity index (χ2n) is 5.21. The second kappa shape index (κ2) is 5.48. The van der Waals surface area contributed by atoms with Crippen LogP contribution in [0.1, 0.15) is 36.8 Å². The van der Waals surface area contributed by atoms with E-state index in [0.29, 0.717) is 6.54 Å². The molecule has 3 heterocycles. The minimum Gasteiger partial charge on any atom is -0.333 e. The van der Waals surface area contributed by atoms with Gasteiger partial charge in [0, 0.05) is 25.1 Å². The first-order chi connectivity index (χ1) is 9.75. The lowest BCUT2D eigenvalue weighted by atomic mass is 9.99. The number of rotatable bonds is 3. The van der Waals surface area contributed by atoms with Crippen LogP contribution in [0.3, 0.4) is 0 Å². The van der Waals surface area contributed by atoms with E-state index in [1.54, 1.807) is 12.4 Å². The number of likely N-dealkylation sites (tertiary alicyclic amines) is 1. The first-order valence-electron chi connectivity index (χ1n) is 7.02. The lowest BCUT2D eigenvalue weighted by molar-refractivity contribution is -0.135. The van der Waals surface area contributed by atoms with Gasteiger partial charge in [-0.2, -0.15) is 5.10 Å². The van der Waals surface area contributed by atoms with Crippen molar-refractivity contribution in [3.05, 3.63) is 36.2 Å². The third kappa shape index (κ3) is 2.45. The van der Waals surface area contributed by atoms with Gasteiger partial charge in [-0.05, 0) is 32.3 Å². The number of aromatic nitrogens is 4. The number of nitrogens with one attached hydrogen (secondary N) is 1. The van der Waals surface area contributed by atoms with Gasteiger partial charge in [0.25, 0.3) is 0 Å². The Morgan fingerprint density at radius 2 is 2.35 bits per heavy atom. The number of carbonyl (C=O) groups is 1. The maximum atomic E-state index is 12.6. The molecule has 0 radical (unpaired) electrons. The molecule has 0 aliphatic carbocycles. The van der Waals surface area contributed by atoms with Crippen LogP contribution in [0.2, 0.25) is 0 Å². The van der Waals surface area contributed by atoms with Crippen molar-refractivity contribution in [3.63, 3.8) is 0 Å². The molecule has 20 heavy (non-hydrogen) atoms. The number of nitrogens with zero attached hydrogens (tertiary/aromatic N) is 4. The van der Waals surface area contributed by atoms with Crippen molar-refractivity contribution in [2.24, 2.45) is 0 Å². The molecule has 1 saturated heterocycles. The van der Waals surface area contributed by atoms with Gasteiger partial charge in [-0.25, -0.2) is 4.98 Å². The van der Waals surface area contributed by atoms with Crippen molar-refractivity contribution in [2.45, 2.75) is 38.8 Å². The zero-order valence-electron chi connectivity index (χ0n) is 11.6. The zero-order valence-corrected chi connectivity index (χ0v) is 11.6. The number of aryl methyl sites for hydroxylation is 1. The van der Waals surface area contributed by atoms with E-state index in [1.807, 2.05) is 28.7 Å². The molecule has 3 rings (SSSR count). The number of amides is 1. The average molecular weight is 273 g/mol. The summed E-state index contributed by atoms with van der Waals surface area (Å²) in [5, 5.41) is 7.00. The summed E-state index contributed by atoms with van der Waals surface area (Å²) in [6.07, 6.45) is 8.54. The van der Waals surface area contributed by atoms with Gasteiger partial charge in [0.15, 0.2) is 0 Å². The molecule has 6 nitrogen and oxygen atoms in total. The molecular formula is C14H19N5O. The molecular weight excluding hydrogens is 254 g/mol. The van der Waals surface area contributed by atoms with E-state index in [4.69, 9.17) is 0 Å². The van der Waals surface area contributed by atoms with E-state index >= 15 is 0 Å². The summed E-state index contributed by atoms with van der Waals surface area (Å²) in [4.78, 5) is 18.7. The number of piperidine rings is 1. The zero-order chi connectivity index (χ0) is 13.9. The Bertz CT molecular complexity index is 574. The van der Waals surface area contributed by atoms with Crippen LogP contribution in [0.5, 0.6) is 0 Å². The summed E-state index contributed by atoms with van der Waals surface area (Å²) in [5.74, 6) is 1.01. The quantitative estimate of drug-likeness (QED) is 0.925. The van der Waals surface area contributed by atoms with Crippen molar-refractivity contribution in [3.8, 4) is 0 Å². The Morgan fingerprint density at radius 3 is 3.05 bits per heavy atom. The number of carbonyl (C=O) groups excluding carboxylic acids is 1. The van der Waals surface area contributed by atoms with Crippen molar-refractivity contribution in [2.75, 3.05) is 6.54 Å². The van der Waals surface area contributed by atoms with E-state index in [2.05, 4.69) is 15.2 Å². The van der Waals surface area contributed by atoms with Gasteiger partial charge in [0.2, 0.25) is 5.91 Å². The number of imidazole rings is 1. The summed E-state index contributed by atoms with van der Waals surface area (Å²) in [6.45, 7) is 3.09. The van der Waals surface area contributed by atoms with Gasteiger partial charge >= 0.3 is 0 Å². The molecule has 2 aromatic heterocycles. The highest BCUT2D eigenvalue weighted by molar-refractivity contribution is 5.76. The van der Waals surface area contributed by atoms with Crippen LogP contribution < -0.4 is 0 Å². The van der Waals surface area contributed by atoms with Crippen molar-refractivity contribution < 1.29 is 4.79 Å². The Morgan fingerprint density at radius 1 is 1.45 bits per heavy atom. The molecule has 1 aliphatic heterocycles. The monoisotopic (exact) mass is 273 g/mol. The predicted molar refractivity (Wildman–Crippen MR) is 73.9 cm³/mol. The predicted octanol–water partition coefficient (Wildman–Crippen LogP) is 1.67. The Balaban J connectivity index is 1.76. The first kappa shape index (κ1) is 12.9. The second-order valence-corrected chi connectivity index (χ2v) is 5.21. The molecule has 0 spiro atoms. The SMILES string of the molecule is Cc1nccn1CC(=O)N1CCCC[C@@H]1c1ccn[nH]1. The third-order valence-corrected chi connectivity index (χ3v) is 3.93. The van der Waals surface area contributed by atoms with Crippen LogP contribution >= 0.6 is 0 Å². The van der Waals surface area contributed by atoms with Crippen molar-refractivity contribution in [1.29, 1.82) is 0 Å². The van der Waals surface area contributed by atoms with Crippen LogP contribution in [0.4, 0.5) is 0 Å². The molecule has 1 N–H and O–H groups in total. The largest absolute Gasteiger partial charge is 0.333 e. The fourth-order valence-corrected chi connectivity index (χ4v) is 2.81. The van der Waals surface area contributed by atoms with Crippen LogP contribution in [-0.4, -0.2) is 37.1 Å². The van der Waals surface area contributed by atoms with Gasteiger partial charge in [0.05, 0.1) is 11.7 Å². The Hall–Kier alpha value is -2.11. The van der Waals surface area contributed by atoms with Gasteiger partial charge in [0.1, 0.15) is 12.4 Å². The molecule has 2 aromatic rings. The summed E-state index contributed by atoms with van der Waals surface area (Å²) < 4.78 is 1.89. The van der Waals surface area contributed by atoms with Crippen LogP contribution in [0.25, 0.3) is 0 Å². The van der Waals surface area contributed by atoms with E-state index in [0.717, 1.165) is 37.3 Å². The molecule has 6 heteroatoms. The van der Waals surface area contributed by atoms with Gasteiger partial charge < -0.3 is 9.47 Å². The lowest BCUT2D eigenvalue weighted by Gasteiger charge is -2.35. The number of aromatic amines is 1. The topological polar surface area (TPSA) is 66.8 Å². The maximum Gasteiger partial charge on any atom is 0.243 e. The summed E-state index contributed by atoms with van der Waals surface area (Å²) in [6, 6.07) is 2.08. The minimum atomic E-state index is 0.127. The molecule has 1 fully saturated rings. The highest BCUT2D eigenvalue weighted by atomic mass is 16.2. The molecule has 0 unspecified atom stereocenters. The first-order valence-corrected chi connectivity index (χ1v) is 7.02. The molecule has 1 atom stereocenters. The highest BCUT2D eigenvalue weighted by Gasteiger charge is 2.28. The van der Waals surface area contributed by atoms with Crippen LogP contribution in [-0.2, 0) is 11.3 Å². The van der Waals surface area contributed by atoms with E-state index in [-0.39, 0.29) is 11.9 Å². The van der Waals surface area contributed by atoms with E-state index in [9.17, 15) is 4.79 Å². The van der Waals surface area contributed by atoms with Gasteiger partial charge in [-0.1, -0.05) is 0 Å². The van der Waals surface area contributed by atoms with Gasteiger partial charge in [-0.3, -0.25) is 9.89 Å². The van der Waals surface area contributed by atoms with Crippen molar-refractivity contribution >= 4 is 5.91 Å². The minimum absolute atomic E-state index is 0.127. The molecule has 1 amide bonds. The van der Waals surface area contributed by atoms with E-state index < -0.39 is 0 Å². The normalized spacial score (nSPS) is 19.2. The van der Waals surface area contributed by atoms with E-state index in [1.165, 1.54) is 0 Å². The summed E-state index contributed by atoms with van der Waals surface area (Å²) >= 11 is 0. The standard InChI is InChI=1S/C14H19N5O/c1-11-15-7-9-18(11)10-14(20)19-8-3-2-4-13(19)12-5-6-16-17-12/h5-7,9,13H,2-4,8,10H2,1H3,(H,16,17)/t13-/m1/s1. The third-order valence-electron chi connectivity index (χ3n) is 3.93. The van der Waals surface area contributed by atoms with Crippen LogP contribution in [0, 0.1) is 6.92 Å². The lowest BCUT2D eigenvalue weighted by Crippen LogP contribution is -2.40. The van der Waals surface area contributed by atoms with Crippen molar-refractivity contribution in [1.82, 2.24) is 24.6 Å². The van der Waals surface area contributed by atoms with Crippen LogP contribution in [0.15, 0.2) is 24.7 Å². The van der Waals surface area contributed by atoms with Gasteiger partial charge in [-0.15, -0.1) is 0 Å². The number of H-pyrrole nitrogens is 1. The highest BCUT2D eigenvalue weighted by Crippen LogP contribution is 2.29. The number of hydrogen-bond acceptors (Lipinski definition) is 3. The fraction of sp³-hybridized carbons (Fsp3) is 0.500. The Kier molecular flexibility index (Phi) is 3.54. The fourth-order valence-electron chi connectivity index (χ4n) is 2.81.